The zero-order valence-corrected chi connectivity index (χ0v) is 42.5. The van der Waals surface area contributed by atoms with Crippen LogP contribution in [0.2, 0.25) is 0 Å². The summed E-state index contributed by atoms with van der Waals surface area (Å²) in [4.78, 5) is 11.0. The number of hydrogen-bond donors (Lipinski definition) is 0. The number of thioether (sulfide) groups is 1. The summed E-state index contributed by atoms with van der Waals surface area (Å²) >= 11 is 1.98. The van der Waals surface area contributed by atoms with Crippen molar-refractivity contribution < 1.29 is 9.47 Å². The first-order chi connectivity index (χ1) is 38.2. The van der Waals surface area contributed by atoms with Crippen LogP contribution >= 0.6 is 11.8 Å². The van der Waals surface area contributed by atoms with Crippen molar-refractivity contribution in [3.05, 3.63) is 272 Å². The number of ether oxygens (including phenoxy) is 2. The first-order valence-electron chi connectivity index (χ1n) is 26.5. The monoisotopic (exact) mass is 1000 g/mol. The molecule has 16 rings (SSSR count). The van der Waals surface area contributed by atoms with Gasteiger partial charge in [0.1, 0.15) is 23.0 Å². The van der Waals surface area contributed by atoms with E-state index in [0.29, 0.717) is 0 Å². The first-order valence-corrected chi connectivity index (χ1v) is 27.3. The Morgan fingerprint density at radius 3 is 1.44 bits per heavy atom. The van der Waals surface area contributed by atoms with Crippen molar-refractivity contribution in [2.24, 2.45) is 0 Å². The molecule has 0 saturated carbocycles. The fourth-order valence-electron chi connectivity index (χ4n) is 13.0. The molecule has 6 nitrogen and oxygen atoms in total. The van der Waals surface area contributed by atoms with Crippen LogP contribution in [0.25, 0.3) is 0 Å². The molecular weight excluding hydrogens is 958 g/mol. The lowest BCUT2D eigenvalue weighted by molar-refractivity contribution is 0.465. The Morgan fingerprint density at radius 2 is 0.844 bits per heavy atom. The Labute approximate surface area is 453 Å². The highest BCUT2D eigenvalue weighted by Crippen LogP contribution is 2.57. The van der Waals surface area contributed by atoms with Crippen LogP contribution in [0.15, 0.2) is 272 Å². The lowest BCUT2D eigenvalue weighted by atomic mass is 9.28. The molecule has 0 saturated heterocycles. The third-order valence-corrected chi connectivity index (χ3v) is 17.5. The maximum absolute atomic E-state index is 7.53. The molecule has 362 valence electrons. The van der Waals surface area contributed by atoms with E-state index in [9.17, 15) is 0 Å². The van der Waals surface area contributed by atoms with E-state index in [0.717, 1.165) is 96.5 Å². The van der Waals surface area contributed by atoms with E-state index in [1.165, 1.54) is 26.8 Å². The van der Waals surface area contributed by atoms with Crippen molar-refractivity contribution in [2.75, 3.05) is 19.6 Å². The molecule has 77 heavy (non-hydrogen) atoms. The van der Waals surface area contributed by atoms with Crippen LogP contribution in [0.4, 0.5) is 62.6 Å². The van der Waals surface area contributed by atoms with Crippen LogP contribution in [0.3, 0.4) is 0 Å². The molecule has 0 N–H and O–H groups in total. The van der Waals surface area contributed by atoms with Gasteiger partial charge in [0.05, 0.1) is 16.7 Å². The number of benzene rings is 11. The maximum atomic E-state index is 7.53. The average molecular weight is 1000 g/mol. The molecule has 0 amide bonds. The highest BCUT2D eigenvalue weighted by molar-refractivity contribution is 8.00. The number of fused-ring (bicyclic) bond motifs is 10. The highest BCUT2D eigenvalue weighted by Gasteiger charge is 2.55. The largest absolute Gasteiger partial charge is 0.458 e. The highest BCUT2D eigenvalue weighted by atomic mass is 32.2. The van der Waals surface area contributed by atoms with Crippen molar-refractivity contribution in [2.45, 2.75) is 16.1 Å². The number of anilines is 11. The minimum Gasteiger partial charge on any atom is -0.458 e. The molecule has 5 aliphatic rings. The van der Waals surface area contributed by atoms with E-state index in [-0.39, 0.29) is 24.6 Å². The van der Waals surface area contributed by atoms with Crippen LogP contribution in [-0.4, -0.2) is 18.8 Å². The normalized spacial score (nSPS) is 15.6. The molecule has 0 aromatic heterocycles. The van der Waals surface area contributed by atoms with Crippen molar-refractivity contribution in [1.82, 2.24) is 0 Å². The van der Waals surface area contributed by atoms with Gasteiger partial charge in [-0.2, -0.15) is 0 Å². The topological polar surface area (TPSA) is 31.4 Å². The molecule has 0 bridgehead atoms. The van der Waals surface area contributed by atoms with E-state index in [4.69, 9.17) is 9.47 Å². The van der Waals surface area contributed by atoms with Crippen LogP contribution in [0, 0.1) is 0 Å². The number of hydrogen-bond acceptors (Lipinski definition) is 7. The third-order valence-electron chi connectivity index (χ3n) is 16.1. The summed E-state index contributed by atoms with van der Waals surface area (Å²) < 4.78 is 15.0. The average Bonchev–Trinajstić information content (AvgIpc) is 4.07. The van der Waals surface area contributed by atoms with Gasteiger partial charge >= 0.3 is 0 Å². The number of rotatable bonds is 8. The molecule has 2 atom stereocenters. The lowest BCUT2D eigenvalue weighted by Crippen LogP contribution is -2.63. The Morgan fingerprint density at radius 1 is 0.364 bits per heavy atom. The van der Waals surface area contributed by atoms with Crippen LogP contribution in [0.1, 0.15) is 11.4 Å². The fraction of sp³-hybridized carbons (Fsp3) is 0.0294. The predicted molar refractivity (Wildman–Crippen MR) is 321 cm³/mol. The van der Waals surface area contributed by atoms with E-state index in [1.54, 1.807) is 0 Å². The fourth-order valence-corrected chi connectivity index (χ4v) is 14.6. The Kier molecular flexibility index (Phi) is 10.1. The van der Waals surface area contributed by atoms with E-state index < -0.39 is 0 Å². The van der Waals surface area contributed by atoms with Gasteiger partial charge in [-0.25, -0.2) is 0 Å². The van der Waals surface area contributed by atoms with Gasteiger partial charge in [0.2, 0.25) is 6.71 Å². The van der Waals surface area contributed by atoms with Crippen molar-refractivity contribution >= 4 is 115 Å². The molecule has 2 unspecified atom stereocenters. The van der Waals surface area contributed by atoms with Crippen molar-refractivity contribution in [3.63, 3.8) is 0 Å². The SMILES string of the molecule is c1ccc(N(c2ccccc2)c2cc3c4c(c2)N(c2ccccc2)c2ccccc2B4c2cc4c(cc2O3)Oc2cc(N(c3ccccc3)c3ccccc3)cc3c2B4C2c4ccccc4SC2N3c2ccccc2)cc1. The summed E-state index contributed by atoms with van der Waals surface area (Å²) in [5.41, 5.74) is 19.1. The van der Waals surface area contributed by atoms with Gasteiger partial charge in [-0.05, 0) is 130 Å². The number of nitrogens with zero attached hydrogens (tertiary/aromatic N) is 4. The summed E-state index contributed by atoms with van der Waals surface area (Å²) in [6.45, 7) is -0.181. The molecule has 0 aliphatic carbocycles. The molecule has 9 heteroatoms. The maximum Gasteiger partial charge on any atom is 0.256 e. The molecular formula is C68H46B2N4O2S. The summed E-state index contributed by atoms with van der Waals surface area (Å²) in [5.74, 6) is 3.39. The van der Waals surface area contributed by atoms with Gasteiger partial charge in [0.15, 0.2) is 0 Å². The summed E-state index contributed by atoms with van der Waals surface area (Å²) in [6, 6.07) is 96.4. The minimum atomic E-state index is -0.139. The molecule has 0 fully saturated rings. The zero-order chi connectivity index (χ0) is 50.6. The molecule has 0 radical (unpaired) electrons. The lowest BCUT2D eigenvalue weighted by Gasteiger charge is -2.47. The predicted octanol–water partition coefficient (Wildman–Crippen LogP) is 14.7. The quantitative estimate of drug-likeness (QED) is 0.140. The van der Waals surface area contributed by atoms with Gasteiger partial charge in [-0.3, -0.25) is 0 Å². The second-order valence-corrected chi connectivity index (χ2v) is 21.5. The Balaban J connectivity index is 0.942. The standard InChI is InChI=1S/C68H46B2N4O2S/c1-7-23-45(24-8-1)71(46-25-9-2-10-26-46)51-39-58-66-62(41-51)75-60-44-61-56(43-55(60)69(66)54-36-20-21-37-57(54)73(58)49-31-15-5-16-32-49)70-65-53-35-19-22-38-64(53)77-68(65)74(50-33-17-6-18-34-50)59-40-52(42-63(76-61)67(59)70)72(47-27-11-3-12-28-47)48-29-13-4-14-30-48/h1-44,65,68H. The Bertz CT molecular complexity index is 4000. The second kappa shape index (κ2) is 17.7. The van der Waals surface area contributed by atoms with Gasteiger partial charge in [-0.1, -0.05) is 152 Å². The minimum absolute atomic E-state index is 0.0423. The summed E-state index contributed by atoms with van der Waals surface area (Å²) in [5, 5.41) is 0.0493. The van der Waals surface area contributed by atoms with E-state index in [1.807, 2.05) is 11.8 Å². The summed E-state index contributed by atoms with van der Waals surface area (Å²) in [6.07, 6.45) is 0. The zero-order valence-electron chi connectivity index (χ0n) is 41.7. The first kappa shape index (κ1) is 44.0. The van der Waals surface area contributed by atoms with E-state index >= 15 is 0 Å². The molecule has 5 aliphatic heterocycles. The van der Waals surface area contributed by atoms with Crippen LogP contribution in [0.5, 0.6) is 23.0 Å². The molecule has 0 spiro atoms. The number of para-hydroxylation sites is 7. The molecule has 5 heterocycles. The van der Waals surface area contributed by atoms with Gasteiger partial charge in [0.25, 0.3) is 6.71 Å². The van der Waals surface area contributed by atoms with Gasteiger partial charge in [-0.15, -0.1) is 11.8 Å². The second-order valence-electron chi connectivity index (χ2n) is 20.3. The van der Waals surface area contributed by atoms with Crippen LogP contribution < -0.4 is 56.4 Å². The third kappa shape index (κ3) is 6.93. The van der Waals surface area contributed by atoms with Gasteiger partial charge in [0, 0.05) is 80.1 Å². The Hall–Kier alpha value is -9.30. The van der Waals surface area contributed by atoms with Crippen molar-refractivity contribution in [3.8, 4) is 23.0 Å². The van der Waals surface area contributed by atoms with Gasteiger partial charge < -0.3 is 29.1 Å². The van der Waals surface area contributed by atoms with Crippen LogP contribution in [-0.2, 0) is 0 Å². The molecule has 11 aromatic rings. The smallest absolute Gasteiger partial charge is 0.256 e. The summed E-state index contributed by atoms with van der Waals surface area (Å²) in [7, 11) is 0. The van der Waals surface area contributed by atoms with Crippen molar-refractivity contribution in [1.29, 1.82) is 0 Å². The molecule has 11 aromatic carbocycles. The van der Waals surface area contributed by atoms with E-state index in [2.05, 4.69) is 287 Å².